The Balaban J connectivity index is 2.05. The van der Waals surface area contributed by atoms with Gasteiger partial charge in [0.05, 0.1) is 10.6 Å². The van der Waals surface area contributed by atoms with E-state index in [2.05, 4.69) is 5.32 Å². The van der Waals surface area contributed by atoms with Gasteiger partial charge in [-0.05, 0) is 81.1 Å². The smallest absolute Gasteiger partial charge is 0.264 e. The zero-order valence-electron chi connectivity index (χ0n) is 23.1. The molecule has 0 aliphatic heterocycles. The van der Waals surface area contributed by atoms with Crippen LogP contribution in [0.5, 0.6) is 0 Å². The second-order valence-electron chi connectivity index (χ2n) is 9.67. The Morgan fingerprint density at radius 2 is 1.62 bits per heavy atom. The van der Waals surface area contributed by atoms with Crippen LogP contribution in [0.25, 0.3) is 0 Å². The molecule has 0 aliphatic carbocycles. The fourth-order valence-corrected chi connectivity index (χ4v) is 5.64. The Labute approximate surface area is 236 Å². The molecular formula is C30H36ClN3O4S. The minimum absolute atomic E-state index is 0.0462. The van der Waals surface area contributed by atoms with Crippen LogP contribution in [-0.2, 0) is 26.2 Å². The van der Waals surface area contributed by atoms with Gasteiger partial charge in [0.1, 0.15) is 12.6 Å². The maximum Gasteiger partial charge on any atom is 0.264 e. The monoisotopic (exact) mass is 569 g/mol. The molecule has 208 valence electrons. The van der Waals surface area contributed by atoms with Crippen molar-refractivity contribution in [3.8, 4) is 0 Å². The van der Waals surface area contributed by atoms with Crippen LogP contribution in [0.3, 0.4) is 0 Å². The van der Waals surface area contributed by atoms with E-state index in [1.165, 1.54) is 17.0 Å². The van der Waals surface area contributed by atoms with Crippen LogP contribution in [-0.4, -0.2) is 44.3 Å². The Bertz CT molecular complexity index is 1420. The largest absolute Gasteiger partial charge is 0.354 e. The van der Waals surface area contributed by atoms with Gasteiger partial charge in [0, 0.05) is 18.1 Å². The number of benzene rings is 3. The highest BCUT2D eigenvalue weighted by molar-refractivity contribution is 7.92. The zero-order valence-corrected chi connectivity index (χ0v) is 24.6. The number of nitrogens with zero attached hydrogens (tertiary/aromatic N) is 2. The molecule has 1 N–H and O–H groups in total. The third-order valence-electron chi connectivity index (χ3n) is 6.68. The number of aryl methyl sites for hydroxylation is 3. The maximum atomic E-state index is 13.9. The first-order valence-electron chi connectivity index (χ1n) is 12.9. The summed E-state index contributed by atoms with van der Waals surface area (Å²) in [5, 5.41) is 3.28. The Morgan fingerprint density at radius 3 is 2.23 bits per heavy atom. The summed E-state index contributed by atoms with van der Waals surface area (Å²) in [7, 11) is -4.11. The lowest BCUT2D eigenvalue weighted by Crippen LogP contribution is -2.51. The molecule has 0 saturated carbocycles. The molecule has 39 heavy (non-hydrogen) atoms. The highest BCUT2D eigenvalue weighted by atomic mass is 35.5. The van der Waals surface area contributed by atoms with Crippen molar-refractivity contribution in [3.63, 3.8) is 0 Å². The summed E-state index contributed by atoms with van der Waals surface area (Å²) in [5.74, 6) is -0.848. The molecule has 3 rings (SSSR count). The molecule has 3 aromatic rings. The molecule has 0 saturated heterocycles. The minimum atomic E-state index is -4.11. The van der Waals surface area contributed by atoms with Gasteiger partial charge in [-0.15, -0.1) is 0 Å². The molecule has 0 heterocycles. The molecule has 1 unspecified atom stereocenters. The second kappa shape index (κ2) is 13.1. The molecule has 0 aromatic heterocycles. The van der Waals surface area contributed by atoms with E-state index in [-0.39, 0.29) is 17.3 Å². The highest BCUT2D eigenvalue weighted by Gasteiger charge is 2.32. The molecule has 0 bridgehead atoms. The topological polar surface area (TPSA) is 86.8 Å². The standard InChI is InChI=1S/C30H36ClN3O4S/c1-6-17-32-30(36)24(5)33(19-25-9-7-8-10-28(25)31)29(35)20-34(26-14-13-22(3)23(4)18-26)39(37,38)27-15-11-21(2)12-16-27/h7-16,18,24H,6,17,19-20H2,1-5H3,(H,32,36). The second-order valence-corrected chi connectivity index (χ2v) is 11.9. The quantitative estimate of drug-likeness (QED) is 0.335. The van der Waals surface area contributed by atoms with Gasteiger partial charge in [0.2, 0.25) is 11.8 Å². The van der Waals surface area contributed by atoms with E-state index in [0.717, 1.165) is 27.4 Å². The predicted octanol–water partition coefficient (Wildman–Crippen LogP) is 5.40. The molecule has 0 fully saturated rings. The third kappa shape index (κ3) is 7.40. The van der Waals surface area contributed by atoms with E-state index < -0.39 is 28.5 Å². The van der Waals surface area contributed by atoms with Gasteiger partial charge in [-0.1, -0.05) is 60.5 Å². The van der Waals surface area contributed by atoms with Gasteiger partial charge < -0.3 is 10.2 Å². The zero-order chi connectivity index (χ0) is 28.7. The summed E-state index contributed by atoms with van der Waals surface area (Å²) >= 11 is 6.40. The van der Waals surface area contributed by atoms with Crippen LogP contribution in [0.4, 0.5) is 5.69 Å². The normalized spacial score (nSPS) is 12.1. The fraction of sp³-hybridized carbons (Fsp3) is 0.333. The maximum absolute atomic E-state index is 13.9. The molecule has 2 amide bonds. The first kappa shape index (κ1) is 30.2. The summed E-state index contributed by atoms with van der Waals surface area (Å²) in [6, 6.07) is 18.0. The Morgan fingerprint density at radius 1 is 0.949 bits per heavy atom. The minimum Gasteiger partial charge on any atom is -0.354 e. The van der Waals surface area contributed by atoms with Crippen molar-refractivity contribution in [1.82, 2.24) is 10.2 Å². The van der Waals surface area contributed by atoms with E-state index in [4.69, 9.17) is 11.6 Å². The fourth-order valence-electron chi connectivity index (χ4n) is 4.04. The van der Waals surface area contributed by atoms with E-state index in [0.29, 0.717) is 22.8 Å². The first-order chi connectivity index (χ1) is 18.4. The summed E-state index contributed by atoms with van der Waals surface area (Å²) in [6.45, 7) is 9.29. The lowest BCUT2D eigenvalue weighted by Gasteiger charge is -2.32. The Hall–Kier alpha value is -3.36. The molecule has 0 aliphatic rings. The Kier molecular flexibility index (Phi) is 10.2. The molecule has 9 heteroatoms. The first-order valence-corrected chi connectivity index (χ1v) is 14.7. The predicted molar refractivity (Wildman–Crippen MR) is 156 cm³/mol. The van der Waals surface area contributed by atoms with E-state index in [1.807, 2.05) is 33.8 Å². The molecule has 0 spiro atoms. The highest BCUT2D eigenvalue weighted by Crippen LogP contribution is 2.27. The summed E-state index contributed by atoms with van der Waals surface area (Å²) < 4.78 is 28.9. The van der Waals surface area contributed by atoms with Crippen LogP contribution < -0.4 is 9.62 Å². The number of amides is 2. The number of hydrogen-bond donors (Lipinski definition) is 1. The van der Waals surface area contributed by atoms with Crippen LogP contribution in [0.1, 0.15) is 42.5 Å². The molecule has 3 aromatic carbocycles. The molecule has 0 radical (unpaired) electrons. The number of hydrogen-bond acceptors (Lipinski definition) is 4. The summed E-state index contributed by atoms with van der Waals surface area (Å²) in [5.41, 5.74) is 3.83. The lowest BCUT2D eigenvalue weighted by atomic mass is 10.1. The SMILES string of the molecule is CCCNC(=O)C(C)N(Cc1ccccc1Cl)C(=O)CN(c1ccc(C)c(C)c1)S(=O)(=O)c1ccc(C)cc1. The van der Waals surface area contributed by atoms with Crippen molar-refractivity contribution in [2.45, 2.75) is 58.5 Å². The van der Waals surface area contributed by atoms with Crippen molar-refractivity contribution in [2.75, 3.05) is 17.4 Å². The van der Waals surface area contributed by atoms with Crippen molar-refractivity contribution >= 4 is 39.1 Å². The van der Waals surface area contributed by atoms with Gasteiger partial charge in [-0.25, -0.2) is 8.42 Å². The third-order valence-corrected chi connectivity index (χ3v) is 8.84. The summed E-state index contributed by atoms with van der Waals surface area (Å²) in [4.78, 5) is 28.3. The van der Waals surface area contributed by atoms with Gasteiger partial charge in [0.15, 0.2) is 0 Å². The van der Waals surface area contributed by atoms with Gasteiger partial charge in [-0.3, -0.25) is 13.9 Å². The van der Waals surface area contributed by atoms with Crippen LogP contribution >= 0.6 is 11.6 Å². The van der Waals surface area contributed by atoms with Gasteiger partial charge in [-0.2, -0.15) is 0 Å². The number of halogens is 1. The number of sulfonamides is 1. The van der Waals surface area contributed by atoms with E-state index >= 15 is 0 Å². The number of nitrogens with one attached hydrogen (secondary N) is 1. The van der Waals surface area contributed by atoms with Gasteiger partial charge >= 0.3 is 0 Å². The van der Waals surface area contributed by atoms with Gasteiger partial charge in [0.25, 0.3) is 10.0 Å². The molecular weight excluding hydrogens is 534 g/mol. The molecule has 1 atom stereocenters. The number of anilines is 1. The van der Waals surface area contributed by atoms with Crippen molar-refractivity contribution < 1.29 is 18.0 Å². The van der Waals surface area contributed by atoms with Crippen LogP contribution in [0.15, 0.2) is 71.6 Å². The van der Waals surface area contributed by atoms with Crippen molar-refractivity contribution in [1.29, 1.82) is 0 Å². The summed E-state index contributed by atoms with van der Waals surface area (Å²) in [6.07, 6.45) is 0.742. The molecule has 7 nitrogen and oxygen atoms in total. The van der Waals surface area contributed by atoms with E-state index in [1.54, 1.807) is 55.5 Å². The van der Waals surface area contributed by atoms with Crippen LogP contribution in [0.2, 0.25) is 5.02 Å². The average molecular weight is 570 g/mol. The lowest BCUT2D eigenvalue weighted by molar-refractivity contribution is -0.139. The van der Waals surface area contributed by atoms with Crippen molar-refractivity contribution in [3.05, 3.63) is 94.0 Å². The number of carbonyl (C=O) groups is 2. The van der Waals surface area contributed by atoms with Crippen LogP contribution in [0, 0.1) is 20.8 Å². The number of carbonyl (C=O) groups excluding carboxylic acids is 2. The number of rotatable bonds is 11. The average Bonchev–Trinajstić information content (AvgIpc) is 2.91. The van der Waals surface area contributed by atoms with E-state index in [9.17, 15) is 18.0 Å². The van der Waals surface area contributed by atoms with Crippen molar-refractivity contribution in [2.24, 2.45) is 0 Å².